The molecule has 1 heterocycles. The standard InChI is InChI=1S/C18H22N2O3S.ClH/c1-23-13-14-6-5-9-16(10-14)24(21,22)20-11-17(18(19)12-20)15-7-3-2-4-8-15;/h2-10,17-18H,11-13,19H2,1H3;1H/t17-,18+;/m0./s1. The van der Waals surface area contributed by atoms with E-state index in [0.29, 0.717) is 19.7 Å². The number of halogens is 1. The molecule has 136 valence electrons. The van der Waals surface area contributed by atoms with E-state index in [2.05, 4.69) is 0 Å². The Morgan fingerprint density at radius 2 is 1.84 bits per heavy atom. The van der Waals surface area contributed by atoms with Crippen LogP contribution in [0.25, 0.3) is 0 Å². The number of benzene rings is 2. The van der Waals surface area contributed by atoms with Gasteiger partial charge in [-0.2, -0.15) is 4.31 Å². The second kappa shape index (κ2) is 8.29. The number of nitrogens with zero attached hydrogens (tertiary/aromatic N) is 1. The fourth-order valence-corrected chi connectivity index (χ4v) is 4.73. The summed E-state index contributed by atoms with van der Waals surface area (Å²) in [5.41, 5.74) is 8.14. The van der Waals surface area contributed by atoms with Crippen LogP contribution in [-0.2, 0) is 21.4 Å². The fourth-order valence-electron chi connectivity index (χ4n) is 3.15. The van der Waals surface area contributed by atoms with Crippen molar-refractivity contribution in [1.29, 1.82) is 0 Å². The number of hydrogen-bond acceptors (Lipinski definition) is 4. The molecule has 7 heteroatoms. The Morgan fingerprint density at radius 3 is 2.52 bits per heavy atom. The third-order valence-electron chi connectivity index (χ3n) is 4.41. The van der Waals surface area contributed by atoms with Crippen LogP contribution in [0.2, 0.25) is 0 Å². The minimum absolute atomic E-state index is 0. The third-order valence-corrected chi connectivity index (χ3v) is 6.23. The summed E-state index contributed by atoms with van der Waals surface area (Å²) < 4.78 is 32.5. The smallest absolute Gasteiger partial charge is 0.243 e. The highest BCUT2D eigenvalue weighted by molar-refractivity contribution is 7.89. The molecule has 0 aromatic heterocycles. The molecule has 0 bridgehead atoms. The average molecular weight is 383 g/mol. The van der Waals surface area contributed by atoms with Crippen molar-refractivity contribution in [3.63, 3.8) is 0 Å². The van der Waals surface area contributed by atoms with E-state index in [1.807, 2.05) is 36.4 Å². The van der Waals surface area contributed by atoms with Gasteiger partial charge in [0.25, 0.3) is 0 Å². The molecular formula is C18H23ClN2O3S. The molecular weight excluding hydrogens is 360 g/mol. The second-order valence-corrected chi connectivity index (χ2v) is 8.02. The molecule has 0 saturated carbocycles. The second-order valence-electron chi connectivity index (χ2n) is 6.08. The summed E-state index contributed by atoms with van der Waals surface area (Å²) in [4.78, 5) is 0.290. The van der Waals surface area contributed by atoms with Crippen molar-refractivity contribution in [2.24, 2.45) is 5.73 Å². The third kappa shape index (κ3) is 4.22. The van der Waals surface area contributed by atoms with E-state index in [-0.39, 0.29) is 29.3 Å². The van der Waals surface area contributed by atoms with Crippen molar-refractivity contribution < 1.29 is 13.2 Å². The number of sulfonamides is 1. The number of hydrogen-bond donors (Lipinski definition) is 1. The Kier molecular flexibility index (Phi) is 6.59. The molecule has 2 N–H and O–H groups in total. The summed E-state index contributed by atoms with van der Waals surface area (Å²) in [6.07, 6.45) is 0. The normalized spacial score (nSPS) is 21.0. The van der Waals surface area contributed by atoms with Gasteiger partial charge in [-0.25, -0.2) is 8.42 Å². The van der Waals surface area contributed by atoms with Crippen LogP contribution in [0, 0.1) is 0 Å². The first kappa shape index (κ1) is 19.9. The maximum absolute atomic E-state index is 12.9. The molecule has 2 aromatic rings. The molecule has 25 heavy (non-hydrogen) atoms. The Hall–Kier alpha value is -1.44. The zero-order valence-electron chi connectivity index (χ0n) is 14.0. The molecule has 1 aliphatic rings. The van der Waals surface area contributed by atoms with E-state index in [9.17, 15) is 8.42 Å². The Balaban J connectivity index is 0.00000225. The summed E-state index contributed by atoms with van der Waals surface area (Å²) in [7, 11) is -1.97. The van der Waals surface area contributed by atoms with Crippen molar-refractivity contribution in [3.8, 4) is 0 Å². The maximum atomic E-state index is 12.9. The Bertz CT molecular complexity index is 799. The lowest BCUT2D eigenvalue weighted by Gasteiger charge is -2.17. The largest absolute Gasteiger partial charge is 0.380 e. The van der Waals surface area contributed by atoms with Crippen molar-refractivity contribution in [1.82, 2.24) is 4.31 Å². The first-order valence-corrected chi connectivity index (χ1v) is 9.35. The molecule has 1 saturated heterocycles. The molecule has 1 fully saturated rings. The van der Waals surface area contributed by atoms with Crippen molar-refractivity contribution in [3.05, 3.63) is 65.7 Å². The van der Waals surface area contributed by atoms with Gasteiger partial charge in [-0.1, -0.05) is 42.5 Å². The van der Waals surface area contributed by atoms with Crippen LogP contribution < -0.4 is 5.73 Å². The van der Waals surface area contributed by atoms with E-state index < -0.39 is 10.0 Å². The lowest BCUT2D eigenvalue weighted by Crippen LogP contribution is -2.32. The van der Waals surface area contributed by atoms with Crippen molar-refractivity contribution in [2.45, 2.75) is 23.5 Å². The highest BCUT2D eigenvalue weighted by Crippen LogP contribution is 2.30. The number of nitrogens with two attached hydrogens (primary N) is 1. The Morgan fingerprint density at radius 1 is 1.12 bits per heavy atom. The minimum Gasteiger partial charge on any atom is -0.380 e. The zero-order chi connectivity index (χ0) is 17.2. The molecule has 0 spiro atoms. The molecule has 0 unspecified atom stereocenters. The number of ether oxygens (including phenoxy) is 1. The van der Waals surface area contributed by atoms with Gasteiger partial charge in [0.05, 0.1) is 11.5 Å². The molecule has 0 radical (unpaired) electrons. The predicted octanol–water partition coefficient (Wildman–Crippen LogP) is 2.37. The van der Waals surface area contributed by atoms with Gasteiger partial charge in [-0.05, 0) is 23.3 Å². The summed E-state index contributed by atoms with van der Waals surface area (Å²) in [6.45, 7) is 1.12. The van der Waals surface area contributed by atoms with E-state index >= 15 is 0 Å². The highest BCUT2D eigenvalue weighted by atomic mass is 35.5. The zero-order valence-corrected chi connectivity index (χ0v) is 15.7. The van der Waals surface area contributed by atoms with Gasteiger partial charge >= 0.3 is 0 Å². The van der Waals surface area contributed by atoms with Crippen molar-refractivity contribution in [2.75, 3.05) is 20.2 Å². The topological polar surface area (TPSA) is 72.6 Å². The lowest BCUT2D eigenvalue weighted by atomic mass is 9.95. The van der Waals surface area contributed by atoms with Crippen molar-refractivity contribution >= 4 is 22.4 Å². The molecule has 2 atom stereocenters. The van der Waals surface area contributed by atoms with Crippen LogP contribution >= 0.6 is 12.4 Å². The molecule has 0 amide bonds. The maximum Gasteiger partial charge on any atom is 0.243 e. The first-order valence-electron chi connectivity index (χ1n) is 7.91. The summed E-state index contributed by atoms with van der Waals surface area (Å²) in [5.74, 6) is 0.0168. The number of methoxy groups -OCH3 is 1. The van der Waals surface area contributed by atoms with E-state index in [1.165, 1.54) is 4.31 Å². The highest BCUT2D eigenvalue weighted by Gasteiger charge is 2.38. The van der Waals surface area contributed by atoms with E-state index in [0.717, 1.165) is 11.1 Å². The average Bonchev–Trinajstić information content (AvgIpc) is 2.99. The SMILES string of the molecule is COCc1cccc(S(=O)(=O)N2C[C@@H](N)[C@H](c3ccccc3)C2)c1.Cl. The lowest BCUT2D eigenvalue weighted by molar-refractivity contribution is 0.184. The van der Waals surface area contributed by atoms with Crippen LogP contribution in [-0.4, -0.2) is 39.0 Å². The van der Waals surface area contributed by atoms with E-state index in [1.54, 1.807) is 25.3 Å². The van der Waals surface area contributed by atoms with Gasteiger partial charge < -0.3 is 10.5 Å². The van der Waals surface area contributed by atoms with Gasteiger partial charge in [-0.3, -0.25) is 0 Å². The fraction of sp³-hybridized carbons (Fsp3) is 0.333. The molecule has 3 rings (SSSR count). The van der Waals surface area contributed by atoms with Crippen LogP contribution in [0.1, 0.15) is 17.0 Å². The van der Waals surface area contributed by atoms with Crippen LogP contribution in [0.4, 0.5) is 0 Å². The number of rotatable bonds is 5. The summed E-state index contributed by atoms with van der Waals surface area (Å²) in [5, 5.41) is 0. The summed E-state index contributed by atoms with van der Waals surface area (Å²) >= 11 is 0. The van der Waals surface area contributed by atoms with Gasteiger partial charge in [0, 0.05) is 32.2 Å². The first-order chi connectivity index (χ1) is 11.5. The van der Waals surface area contributed by atoms with Gasteiger partial charge in [0.15, 0.2) is 0 Å². The van der Waals surface area contributed by atoms with E-state index in [4.69, 9.17) is 10.5 Å². The minimum atomic E-state index is -3.56. The Labute approximate surface area is 155 Å². The van der Waals surface area contributed by atoms with Crippen LogP contribution in [0.15, 0.2) is 59.5 Å². The van der Waals surface area contributed by atoms with Crippen LogP contribution in [0.3, 0.4) is 0 Å². The monoisotopic (exact) mass is 382 g/mol. The molecule has 2 aromatic carbocycles. The van der Waals surface area contributed by atoms with Gasteiger partial charge in [-0.15, -0.1) is 12.4 Å². The molecule has 1 aliphatic heterocycles. The van der Waals surface area contributed by atoms with Gasteiger partial charge in [0.2, 0.25) is 10.0 Å². The molecule has 5 nitrogen and oxygen atoms in total. The molecule has 0 aliphatic carbocycles. The van der Waals surface area contributed by atoms with Gasteiger partial charge in [0.1, 0.15) is 0 Å². The predicted molar refractivity (Wildman–Crippen MR) is 100 cm³/mol. The summed E-state index contributed by atoms with van der Waals surface area (Å²) in [6, 6.07) is 16.5. The van der Waals surface area contributed by atoms with Crippen LogP contribution in [0.5, 0.6) is 0 Å². The quantitative estimate of drug-likeness (QED) is 0.861.